The summed E-state index contributed by atoms with van der Waals surface area (Å²) >= 11 is 3.54. The lowest BCUT2D eigenvalue weighted by Crippen LogP contribution is -2.23. The summed E-state index contributed by atoms with van der Waals surface area (Å²) < 4.78 is 0. The first-order valence-corrected chi connectivity index (χ1v) is 7.43. The molecule has 1 nitrogen and oxygen atoms in total. The van der Waals surface area contributed by atoms with Gasteiger partial charge in [-0.1, -0.05) is 6.92 Å². The molecule has 2 unspecified atom stereocenters. The third kappa shape index (κ3) is 2.94. The molecule has 0 saturated heterocycles. The van der Waals surface area contributed by atoms with Crippen LogP contribution in [-0.2, 0) is 0 Å². The van der Waals surface area contributed by atoms with Gasteiger partial charge in [0, 0.05) is 12.6 Å². The molecule has 2 rings (SSSR count). The first kappa shape index (κ1) is 11.8. The maximum absolute atomic E-state index is 3.58. The van der Waals surface area contributed by atoms with Crippen molar-refractivity contribution in [3.05, 3.63) is 44.8 Å². The Morgan fingerprint density at radius 1 is 1.06 bits per heavy atom. The molecule has 0 bridgehead atoms. The van der Waals surface area contributed by atoms with Gasteiger partial charge in [-0.25, -0.2) is 0 Å². The van der Waals surface area contributed by atoms with Crippen molar-refractivity contribution in [2.24, 2.45) is 0 Å². The summed E-state index contributed by atoms with van der Waals surface area (Å²) in [7, 11) is 0. The normalized spacial score (nSPS) is 14.9. The second-order valence-electron chi connectivity index (χ2n) is 4.14. The van der Waals surface area contributed by atoms with Crippen LogP contribution in [0.4, 0.5) is 0 Å². The van der Waals surface area contributed by atoms with E-state index in [4.69, 9.17) is 0 Å². The van der Waals surface area contributed by atoms with Crippen LogP contribution in [0.25, 0.3) is 0 Å². The highest BCUT2D eigenvalue weighted by Crippen LogP contribution is 2.20. The predicted molar refractivity (Wildman–Crippen MR) is 73.5 cm³/mol. The number of nitrogens with one attached hydrogen (secondary N) is 1. The monoisotopic (exact) mass is 251 g/mol. The second-order valence-corrected chi connectivity index (χ2v) is 5.70. The largest absolute Gasteiger partial charge is 0.310 e. The van der Waals surface area contributed by atoms with E-state index in [9.17, 15) is 0 Å². The molecule has 0 radical (unpaired) electrons. The molecule has 2 atom stereocenters. The average molecular weight is 251 g/mol. The van der Waals surface area contributed by atoms with E-state index in [0.717, 1.165) is 6.54 Å². The Bertz CT molecular complexity index is 351. The Labute approximate surface area is 105 Å². The van der Waals surface area contributed by atoms with E-state index in [2.05, 4.69) is 52.8 Å². The third-order valence-electron chi connectivity index (χ3n) is 2.89. The molecule has 2 aromatic heterocycles. The summed E-state index contributed by atoms with van der Waals surface area (Å²) in [6, 6.07) is 4.86. The van der Waals surface area contributed by atoms with E-state index in [1.54, 1.807) is 22.7 Å². The van der Waals surface area contributed by atoms with Gasteiger partial charge in [0.2, 0.25) is 0 Å². The lowest BCUT2D eigenvalue weighted by Gasteiger charge is -2.16. The van der Waals surface area contributed by atoms with Crippen LogP contribution < -0.4 is 5.32 Å². The van der Waals surface area contributed by atoms with Gasteiger partial charge in [0.1, 0.15) is 0 Å². The van der Waals surface area contributed by atoms with E-state index in [-0.39, 0.29) is 0 Å². The minimum atomic E-state index is 0.451. The molecule has 0 aliphatic rings. The summed E-state index contributed by atoms with van der Waals surface area (Å²) in [6.45, 7) is 5.53. The fourth-order valence-corrected chi connectivity index (χ4v) is 3.20. The van der Waals surface area contributed by atoms with Crippen LogP contribution >= 0.6 is 22.7 Å². The summed E-state index contributed by atoms with van der Waals surface area (Å²) in [4.78, 5) is 0. The van der Waals surface area contributed by atoms with Crippen LogP contribution in [0.2, 0.25) is 0 Å². The summed E-state index contributed by atoms with van der Waals surface area (Å²) in [5, 5.41) is 12.3. The highest BCUT2D eigenvalue weighted by molar-refractivity contribution is 7.08. The topological polar surface area (TPSA) is 12.0 Å². The Hall–Kier alpha value is -0.640. The van der Waals surface area contributed by atoms with Gasteiger partial charge >= 0.3 is 0 Å². The van der Waals surface area contributed by atoms with Gasteiger partial charge in [0.15, 0.2) is 0 Å². The van der Waals surface area contributed by atoms with Gasteiger partial charge in [0.05, 0.1) is 0 Å². The fraction of sp³-hybridized carbons (Fsp3) is 0.385. The molecule has 16 heavy (non-hydrogen) atoms. The van der Waals surface area contributed by atoms with E-state index in [1.165, 1.54) is 11.1 Å². The number of rotatable bonds is 5. The second kappa shape index (κ2) is 5.62. The van der Waals surface area contributed by atoms with Crippen LogP contribution in [0, 0.1) is 0 Å². The summed E-state index contributed by atoms with van der Waals surface area (Å²) in [5.74, 6) is 0.590. The molecule has 0 aliphatic carbocycles. The first-order valence-electron chi connectivity index (χ1n) is 5.55. The van der Waals surface area contributed by atoms with E-state index < -0.39 is 0 Å². The molecular weight excluding hydrogens is 234 g/mol. The van der Waals surface area contributed by atoms with E-state index in [1.807, 2.05) is 0 Å². The van der Waals surface area contributed by atoms with Gasteiger partial charge in [-0.05, 0) is 57.6 Å². The van der Waals surface area contributed by atoms with Crippen LogP contribution in [0.5, 0.6) is 0 Å². The predicted octanol–water partition coefficient (Wildman–Crippen LogP) is 4.26. The quantitative estimate of drug-likeness (QED) is 0.837. The molecule has 2 aromatic rings. The summed E-state index contributed by atoms with van der Waals surface area (Å²) in [5.41, 5.74) is 2.83. The van der Waals surface area contributed by atoms with Crippen LogP contribution in [0.1, 0.15) is 36.9 Å². The van der Waals surface area contributed by atoms with E-state index in [0.29, 0.717) is 12.0 Å². The molecule has 0 saturated carbocycles. The SMILES string of the molecule is CC(CNC(C)c1ccsc1)c1ccsc1. The molecule has 86 valence electrons. The molecular formula is C13H17NS2. The Kier molecular flexibility index (Phi) is 4.16. The maximum Gasteiger partial charge on any atom is 0.0300 e. The Morgan fingerprint density at radius 2 is 1.69 bits per heavy atom. The zero-order chi connectivity index (χ0) is 11.4. The number of hydrogen-bond donors (Lipinski definition) is 1. The molecule has 1 N–H and O–H groups in total. The Morgan fingerprint density at radius 3 is 2.25 bits per heavy atom. The highest BCUT2D eigenvalue weighted by Gasteiger charge is 2.09. The fourth-order valence-electron chi connectivity index (χ4n) is 1.67. The zero-order valence-electron chi connectivity index (χ0n) is 9.64. The smallest absolute Gasteiger partial charge is 0.0300 e. The molecule has 0 aliphatic heterocycles. The Balaban J connectivity index is 1.84. The molecule has 3 heteroatoms. The van der Waals surface area contributed by atoms with Crippen molar-refractivity contribution >= 4 is 22.7 Å². The molecule has 2 heterocycles. The van der Waals surface area contributed by atoms with E-state index >= 15 is 0 Å². The number of thiophene rings is 2. The van der Waals surface area contributed by atoms with Crippen LogP contribution in [-0.4, -0.2) is 6.54 Å². The minimum absolute atomic E-state index is 0.451. The standard InChI is InChI=1S/C13H17NS2/c1-10(12-3-5-15-8-12)7-14-11(2)13-4-6-16-9-13/h3-6,8-11,14H,7H2,1-2H3. The molecule has 0 amide bonds. The van der Waals surface area contributed by atoms with Crippen molar-refractivity contribution in [2.75, 3.05) is 6.54 Å². The van der Waals surface area contributed by atoms with Crippen LogP contribution in [0.15, 0.2) is 33.7 Å². The lowest BCUT2D eigenvalue weighted by molar-refractivity contribution is 0.539. The van der Waals surface area contributed by atoms with Gasteiger partial charge in [-0.15, -0.1) is 0 Å². The van der Waals surface area contributed by atoms with Crippen molar-refractivity contribution in [1.29, 1.82) is 0 Å². The lowest BCUT2D eigenvalue weighted by atomic mass is 10.0. The van der Waals surface area contributed by atoms with Crippen molar-refractivity contribution in [2.45, 2.75) is 25.8 Å². The van der Waals surface area contributed by atoms with Gasteiger partial charge in [-0.2, -0.15) is 22.7 Å². The van der Waals surface area contributed by atoms with Crippen molar-refractivity contribution in [3.8, 4) is 0 Å². The zero-order valence-corrected chi connectivity index (χ0v) is 11.3. The van der Waals surface area contributed by atoms with Crippen LogP contribution in [0.3, 0.4) is 0 Å². The third-order valence-corrected chi connectivity index (χ3v) is 4.29. The summed E-state index contributed by atoms with van der Waals surface area (Å²) in [6.07, 6.45) is 0. The first-order chi connectivity index (χ1) is 7.77. The maximum atomic E-state index is 3.58. The molecule has 0 aromatic carbocycles. The molecule has 0 fully saturated rings. The van der Waals surface area contributed by atoms with Gasteiger partial charge < -0.3 is 5.32 Å². The molecule has 0 spiro atoms. The average Bonchev–Trinajstić information content (AvgIpc) is 2.95. The van der Waals surface area contributed by atoms with Crippen molar-refractivity contribution in [1.82, 2.24) is 5.32 Å². The minimum Gasteiger partial charge on any atom is -0.310 e. The number of hydrogen-bond acceptors (Lipinski definition) is 3. The van der Waals surface area contributed by atoms with Gasteiger partial charge in [0.25, 0.3) is 0 Å². The van der Waals surface area contributed by atoms with Gasteiger partial charge in [-0.3, -0.25) is 0 Å². The highest BCUT2D eigenvalue weighted by atomic mass is 32.1. The van der Waals surface area contributed by atoms with Crippen molar-refractivity contribution < 1.29 is 0 Å². The van der Waals surface area contributed by atoms with Crippen molar-refractivity contribution in [3.63, 3.8) is 0 Å².